The monoisotopic (exact) mass is 332 g/mol. The fraction of sp³-hybridized carbons (Fsp3) is 0.176. The van der Waals surface area contributed by atoms with Crippen LogP contribution >= 0.6 is 11.6 Å². The predicted octanol–water partition coefficient (Wildman–Crippen LogP) is 3.66. The van der Waals surface area contributed by atoms with E-state index >= 15 is 0 Å². The smallest absolute Gasteiger partial charge is 0.266 e. The molecule has 0 saturated heterocycles. The van der Waals surface area contributed by atoms with Crippen molar-refractivity contribution in [3.8, 4) is 11.4 Å². The highest BCUT2D eigenvalue weighted by molar-refractivity contribution is 6.16. The third-order valence-corrected chi connectivity index (χ3v) is 3.67. The van der Waals surface area contributed by atoms with Gasteiger partial charge in [-0.2, -0.15) is 0 Å². The van der Waals surface area contributed by atoms with Crippen LogP contribution < -0.4 is 10.3 Å². The molecule has 0 fully saturated rings. The van der Waals surface area contributed by atoms with Crippen molar-refractivity contribution in [1.82, 2.24) is 9.55 Å². The molecule has 0 aliphatic carbocycles. The first-order valence-electron chi connectivity index (χ1n) is 7.15. The van der Waals surface area contributed by atoms with Crippen LogP contribution in [0.25, 0.3) is 16.6 Å². The molecule has 118 valence electrons. The molecule has 0 atom stereocenters. The molecule has 6 heteroatoms. The molecule has 0 N–H and O–H groups in total. The van der Waals surface area contributed by atoms with Gasteiger partial charge in [0.15, 0.2) is 0 Å². The molecule has 0 unspecified atom stereocenters. The molecule has 0 amide bonds. The lowest BCUT2D eigenvalue weighted by Gasteiger charge is -2.15. The van der Waals surface area contributed by atoms with Gasteiger partial charge < -0.3 is 4.74 Å². The standard InChI is InChI=1S/C17H14ClFN2O2/c1-2-23-15-8-7-11(19)9-14(15)21-16(10-18)20-13-6-4-3-5-12(13)17(21)22/h3-9H,2,10H2,1H3. The number of alkyl halides is 1. The van der Waals surface area contributed by atoms with Crippen LogP contribution in [0.3, 0.4) is 0 Å². The number of hydrogen-bond donors (Lipinski definition) is 0. The third kappa shape index (κ3) is 2.80. The number of benzene rings is 2. The normalized spacial score (nSPS) is 10.9. The Bertz CT molecular complexity index is 924. The quantitative estimate of drug-likeness (QED) is 0.685. The molecule has 0 radical (unpaired) electrons. The minimum Gasteiger partial charge on any atom is -0.492 e. The van der Waals surface area contributed by atoms with E-state index in [-0.39, 0.29) is 11.4 Å². The Balaban J connectivity index is 2.38. The molecule has 0 aliphatic heterocycles. The Hall–Kier alpha value is -2.40. The van der Waals surface area contributed by atoms with Gasteiger partial charge in [-0.3, -0.25) is 9.36 Å². The predicted molar refractivity (Wildman–Crippen MR) is 88.0 cm³/mol. The highest BCUT2D eigenvalue weighted by Gasteiger charge is 2.16. The number of para-hydroxylation sites is 1. The van der Waals surface area contributed by atoms with Gasteiger partial charge >= 0.3 is 0 Å². The second-order valence-electron chi connectivity index (χ2n) is 4.86. The van der Waals surface area contributed by atoms with Crippen LogP contribution in [-0.2, 0) is 5.88 Å². The van der Waals surface area contributed by atoms with Crippen molar-refractivity contribution in [1.29, 1.82) is 0 Å². The summed E-state index contributed by atoms with van der Waals surface area (Å²) in [5, 5.41) is 0.438. The molecular formula is C17H14ClFN2O2. The Morgan fingerprint density at radius 1 is 1.26 bits per heavy atom. The number of fused-ring (bicyclic) bond motifs is 1. The Labute approximate surface area is 137 Å². The summed E-state index contributed by atoms with van der Waals surface area (Å²) in [5.74, 6) is 0.285. The zero-order valence-corrected chi connectivity index (χ0v) is 13.2. The molecule has 3 aromatic rings. The van der Waals surface area contributed by atoms with Crippen molar-refractivity contribution >= 4 is 22.5 Å². The van der Waals surface area contributed by atoms with Crippen LogP contribution in [0.2, 0.25) is 0 Å². The fourth-order valence-electron chi connectivity index (χ4n) is 2.46. The number of ether oxygens (including phenoxy) is 1. The molecule has 0 spiro atoms. The van der Waals surface area contributed by atoms with Crippen LogP contribution in [0.4, 0.5) is 4.39 Å². The lowest BCUT2D eigenvalue weighted by Crippen LogP contribution is -2.24. The lowest BCUT2D eigenvalue weighted by molar-refractivity contribution is 0.338. The Kier molecular flexibility index (Phi) is 4.30. The minimum absolute atomic E-state index is 0.0160. The first-order chi connectivity index (χ1) is 11.2. The third-order valence-electron chi connectivity index (χ3n) is 3.43. The largest absolute Gasteiger partial charge is 0.492 e. The molecule has 3 rings (SSSR count). The Morgan fingerprint density at radius 3 is 2.78 bits per heavy atom. The van der Waals surface area contributed by atoms with Crippen LogP contribution in [0.15, 0.2) is 47.3 Å². The van der Waals surface area contributed by atoms with Gasteiger partial charge in [0.25, 0.3) is 5.56 Å². The second kappa shape index (κ2) is 6.38. The molecule has 23 heavy (non-hydrogen) atoms. The summed E-state index contributed by atoms with van der Waals surface area (Å²) in [5.41, 5.74) is 0.544. The SMILES string of the molecule is CCOc1ccc(F)cc1-n1c(CCl)nc2ccccc2c1=O. The number of aromatic nitrogens is 2. The molecule has 1 heterocycles. The van der Waals surface area contributed by atoms with Crippen molar-refractivity contribution in [2.75, 3.05) is 6.61 Å². The van der Waals surface area contributed by atoms with Crippen molar-refractivity contribution < 1.29 is 9.13 Å². The van der Waals surface area contributed by atoms with Gasteiger partial charge in [-0.05, 0) is 31.2 Å². The van der Waals surface area contributed by atoms with E-state index in [0.717, 1.165) is 0 Å². The molecule has 2 aromatic carbocycles. The summed E-state index contributed by atoms with van der Waals surface area (Å²) in [6.07, 6.45) is 0. The van der Waals surface area contributed by atoms with Gasteiger partial charge in [0.2, 0.25) is 0 Å². The van der Waals surface area contributed by atoms with E-state index < -0.39 is 5.82 Å². The molecule has 4 nitrogen and oxygen atoms in total. The number of hydrogen-bond acceptors (Lipinski definition) is 3. The van der Waals surface area contributed by atoms with Crippen LogP contribution in [0, 0.1) is 5.82 Å². The van der Waals surface area contributed by atoms with Crippen molar-refractivity contribution in [2.24, 2.45) is 0 Å². The summed E-state index contributed by atoms with van der Waals surface area (Å²) in [6, 6.07) is 11.0. The molecular weight excluding hydrogens is 319 g/mol. The van der Waals surface area contributed by atoms with E-state index in [1.807, 2.05) is 6.92 Å². The minimum atomic E-state index is -0.468. The number of halogens is 2. The van der Waals surface area contributed by atoms with Gasteiger partial charge in [-0.25, -0.2) is 9.37 Å². The molecule has 0 bridgehead atoms. The average Bonchev–Trinajstić information content (AvgIpc) is 2.57. The first-order valence-corrected chi connectivity index (χ1v) is 7.68. The van der Waals surface area contributed by atoms with Crippen molar-refractivity contribution in [3.05, 3.63) is 64.5 Å². The van der Waals surface area contributed by atoms with Crippen LogP contribution in [-0.4, -0.2) is 16.2 Å². The van der Waals surface area contributed by atoms with Crippen molar-refractivity contribution in [2.45, 2.75) is 12.8 Å². The zero-order chi connectivity index (χ0) is 16.4. The van der Waals surface area contributed by atoms with Gasteiger partial charge in [-0.1, -0.05) is 12.1 Å². The number of rotatable bonds is 4. The molecule has 0 aliphatic rings. The van der Waals surface area contributed by atoms with Crippen LogP contribution in [0.5, 0.6) is 5.75 Å². The number of nitrogens with zero attached hydrogens (tertiary/aromatic N) is 2. The zero-order valence-electron chi connectivity index (χ0n) is 12.4. The molecule has 0 saturated carbocycles. The van der Waals surface area contributed by atoms with E-state index in [9.17, 15) is 9.18 Å². The van der Waals surface area contributed by atoms with Crippen molar-refractivity contribution in [3.63, 3.8) is 0 Å². The topological polar surface area (TPSA) is 44.1 Å². The van der Waals surface area contributed by atoms with Crippen LogP contribution in [0.1, 0.15) is 12.7 Å². The van der Waals surface area contributed by atoms with E-state index in [2.05, 4.69) is 4.98 Å². The average molecular weight is 333 g/mol. The lowest BCUT2D eigenvalue weighted by atomic mass is 10.2. The second-order valence-corrected chi connectivity index (χ2v) is 5.13. The molecule has 1 aromatic heterocycles. The van der Waals surface area contributed by atoms with Gasteiger partial charge in [0.1, 0.15) is 17.4 Å². The van der Waals surface area contributed by atoms with Gasteiger partial charge in [0.05, 0.1) is 29.1 Å². The van der Waals surface area contributed by atoms with E-state index in [4.69, 9.17) is 16.3 Å². The summed E-state index contributed by atoms with van der Waals surface area (Å²) in [7, 11) is 0. The first kappa shape index (κ1) is 15.5. The highest BCUT2D eigenvalue weighted by atomic mass is 35.5. The summed E-state index contributed by atoms with van der Waals surface area (Å²) in [4.78, 5) is 17.3. The summed E-state index contributed by atoms with van der Waals surface area (Å²) in [6.45, 7) is 2.21. The fourth-order valence-corrected chi connectivity index (χ4v) is 2.64. The maximum absolute atomic E-state index is 13.7. The summed E-state index contributed by atoms with van der Waals surface area (Å²) >= 11 is 5.97. The Morgan fingerprint density at radius 2 is 2.04 bits per heavy atom. The highest BCUT2D eigenvalue weighted by Crippen LogP contribution is 2.25. The van der Waals surface area contributed by atoms with E-state index in [1.54, 1.807) is 24.3 Å². The maximum atomic E-state index is 13.7. The maximum Gasteiger partial charge on any atom is 0.266 e. The van der Waals surface area contributed by atoms with E-state index in [0.29, 0.717) is 34.8 Å². The van der Waals surface area contributed by atoms with Gasteiger partial charge in [0, 0.05) is 6.07 Å². The summed E-state index contributed by atoms with van der Waals surface area (Å²) < 4.78 is 20.6. The van der Waals surface area contributed by atoms with E-state index in [1.165, 1.54) is 22.8 Å². The van der Waals surface area contributed by atoms with Gasteiger partial charge in [-0.15, -0.1) is 11.6 Å².